The Morgan fingerprint density at radius 1 is 1.08 bits per heavy atom. The number of nitrogens with zero attached hydrogens (tertiary/aromatic N) is 2. The van der Waals surface area contributed by atoms with Gasteiger partial charge in [0.25, 0.3) is 0 Å². The molecule has 5 heteroatoms. The molecule has 0 spiro atoms. The number of aromatic nitrogens is 2. The first-order chi connectivity index (χ1) is 11.8. The molecule has 0 unspecified atom stereocenters. The van der Waals surface area contributed by atoms with E-state index in [4.69, 9.17) is 4.42 Å². The lowest BCUT2D eigenvalue weighted by Crippen LogP contribution is -2.02. The van der Waals surface area contributed by atoms with Crippen LogP contribution in [0.3, 0.4) is 0 Å². The van der Waals surface area contributed by atoms with Gasteiger partial charge in [-0.3, -0.25) is 0 Å². The van der Waals surface area contributed by atoms with Crippen LogP contribution in [-0.4, -0.2) is 9.97 Å². The molecule has 1 aromatic carbocycles. The number of thioether (sulfide) groups is 1. The quantitative estimate of drug-likeness (QED) is 0.378. The lowest BCUT2D eigenvalue weighted by Gasteiger charge is -2.13. The number of hydrogen-bond acceptors (Lipinski definition) is 5. The van der Waals surface area contributed by atoms with Gasteiger partial charge in [-0.2, -0.15) is 0 Å². The molecule has 3 aromatic rings. The zero-order valence-electron chi connectivity index (χ0n) is 15.2. The van der Waals surface area contributed by atoms with Crippen LogP contribution in [0.25, 0.3) is 11.0 Å². The van der Waals surface area contributed by atoms with E-state index in [1.54, 1.807) is 17.8 Å². The van der Waals surface area contributed by atoms with E-state index >= 15 is 0 Å². The van der Waals surface area contributed by atoms with Crippen LogP contribution in [-0.2, 0) is 5.75 Å². The highest BCUT2D eigenvalue weighted by Crippen LogP contribution is 2.30. The van der Waals surface area contributed by atoms with Gasteiger partial charge in [0.15, 0.2) is 0 Å². The van der Waals surface area contributed by atoms with Gasteiger partial charge in [-0.25, -0.2) is 14.8 Å². The minimum atomic E-state index is -0.310. The molecule has 0 saturated carbocycles. The van der Waals surface area contributed by atoms with Crippen LogP contribution in [0, 0.1) is 20.8 Å². The largest absolute Gasteiger partial charge is 0.423 e. The molecule has 2 heterocycles. The second-order valence-corrected chi connectivity index (χ2v) is 7.63. The zero-order chi connectivity index (χ0) is 18.1. The molecule has 0 aliphatic heterocycles. The van der Waals surface area contributed by atoms with Crippen molar-refractivity contribution in [3.8, 4) is 0 Å². The van der Waals surface area contributed by atoms with Gasteiger partial charge >= 0.3 is 5.63 Å². The van der Waals surface area contributed by atoms with Crippen molar-refractivity contribution in [1.29, 1.82) is 0 Å². The van der Waals surface area contributed by atoms with Crippen LogP contribution in [0.15, 0.2) is 38.5 Å². The number of benzene rings is 1. The molecule has 130 valence electrons. The molecular weight excluding hydrogens is 332 g/mol. The fraction of sp³-hybridized carbons (Fsp3) is 0.350. The minimum Gasteiger partial charge on any atom is -0.423 e. The first kappa shape index (κ1) is 17.7. The third-order valence-electron chi connectivity index (χ3n) is 4.16. The molecule has 0 atom stereocenters. The molecule has 0 fully saturated rings. The highest BCUT2D eigenvalue weighted by molar-refractivity contribution is 7.98. The summed E-state index contributed by atoms with van der Waals surface area (Å²) in [5, 5.41) is 1.92. The topological polar surface area (TPSA) is 56.0 Å². The molecular formula is C20H22N2O2S. The van der Waals surface area contributed by atoms with Crippen LogP contribution in [0.5, 0.6) is 0 Å². The van der Waals surface area contributed by atoms with Crippen molar-refractivity contribution in [2.45, 2.75) is 51.3 Å². The van der Waals surface area contributed by atoms with E-state index in [1.165, 1.54) is 5.56 Å². The standard InChI is InChI=1S/C20H22N2O2S/c1-11(2)16-9-17-15(8-20(23)24-18(17)6-12(16)3)10-25-19-7-13(4)21-14(5)22-19/h6-9,11H,10H2,1-5H3. The fourth-order valence-electron chi connectivity index (χ4n) is 3.04. The van der Waals surface area contributed by atoms with E-state index in [1.807, 2.05) is 26.0 Å². The average Bonchev–Trinajstić information content (AvgIpc) is 2.50. The first-order valence-corrected chi connectivity index (χ1v) is 9.34. The summed E-state index contributed by atoms with van der Waals surface area (Å²) in [5.74, 6) is 1.85. The third kappa shape index (κ3) is 3.93. The summed E-state index contributed by atoms with van der Waals surface area (Å²) < 4.78 is 5.42. The predicted octanol–water partition coefficient (Wildman–Crippen LogP) is 4.92. The van der Waals surface area contributed by atoms with E-state index in [0.717, 1.165) is 33.1 Å². The lowest BCUT2D eigenvalue weighted by molar-refractivity contribution is 0.559. The van der Waals surface area contributed by atoms with E-state index < -0.39 is 0 Å². The lowest BCUT2D eigenvalue weighted by atomic mass is 9.95. The second-order valence-electron chi connectivity index (χ2n) is 6.63. The monoisotopic (exact) mass is 354 g/mol. The van der Waals surface area contributed by atoms with E-state index in [-0.39, 0.29) is 5.63 Å². The number of rotatable bonds is 4. The molecule has 0 bridgehead atoms. The van der Waals surface area contributed by atoms with Gasteiger partial charge < -0.3 is 4.42 Å². The van der Waals surface area contributed by atoms with E-state index in [0.29, 0.717) is 17.3 Å². The second kappa shape index (κ2) is 7.00. The normalized spacial score (nSPS) is 11.4. The van der Waals surface area contributed by atoms with Gasteiger partial charge in [0.05, 0.1) is 0 Å². The Morgan fingerprint density at radius 3 is 2.52 bits per heavy atom. The van der Waals surface area contributed by atoms with Crippen molar-refractivity contribution in [3.05, 3.63) is 62.9 Å². The van der Waals surface area contributed by atoms with Crippen LogP contribution in [0.4, 0.5) is 0 Å². The Hall–Kier alpha value is -2.14. The van der Waals surface area contributed by atoms with E-state index in [2.05, 4.69) is 36.8 Å². The fourth-order valence-corrected chi connectivity index (χ4v) is 4.03. The van der Waals surface area contributed by atoms with Gasteiger partial charge in [-0.05, 0) is 61.6 Å². The van der Waals surface area contributed by atoms with Gasteiger partial charge in [0.2, 0.25) is 0 Å². The Bertz CT molecular complexity index is 973. The maximum absolute atomic E-state index is 12.0. The maximum Gasteiger partial charge on any atom is 0.336 e. The van der Waals surface area contributed by atoms with Crippen molar-refractivity contribution >= 4 is 22.7 Å². The summed E-state index contributed by atoms with van der Waals surface area (Å²) in [7, 11) is 0. The molecule has 2 aromatic heterocycles. The SMILES string of the molecule is Cc1cc(SCc2cc(=O)oc3cc(C)c(C(C)C)cc23)nc(C)n1. The summed E-state index contributed by atoms with van der Waals surface area (Å²) in [6.45, 7) is 10.3. The molecule has 25 heavy (non-hydrogen) atoms. The van der Waals surface area contributed by atoms with E-state index in [9.17, 15) is 4.79 Å². The Labute approximate surface area is 151 Å². The van der Waals surface area contributed by atoms with Crippen molar-refractivity contribution in [1.82, 2.24) is 9.97 Å². The van der Waals surface area contributed by atoms with Crippen LogP contribution < -0.4 is 5.63 Å². The van der Waals surface area contributed by atoms with Crippen molar-refractivity contribution in [3.63, 3.8) is 0 Å². The number of aryl methyl sites for hydroxylation is 3. The summed E-state index contributed by atoms with van der Waals surface area (Å²) in [5.41, 5.74) is 4.70. The Morgan fingerprint density at radius 2 is 1.84 bits per heavy atom. The van der Waals surface area contributed by atoms with Gasteiger partial charge in [-0.1, -0.05) is 13.8 Å². The van der Waals surface area contributed by atoms with Crippen molar-refractivity contribution < 1.29 is 4.42 Å². The minimum absolute atomic E-state index is 0.310. The van der Waals surface area contributed by atoms with Gasteiger partial charge in [-0.15, -0.1) is 11.8 Å². The highest BCUT2D eigenvalue weighted by atomic mass is 32.2. The van der Waals surface area contributed by atoms with Crippen LogP contribution in [0.1, 0.15) is 48.0 Å². The van der Waals surface area contributed by atoms with Crippen LogP contribution in [0.2, 0.25) is 0 Å². The molecule has 4 nitrogen and oxygen atoms in total. The predicted molar refractivity (Wildman–Crippen MR) is 102 cm³/mol. The summed E-state index contributed by atoms with van der Waals surface area (Å²) in [6, 6.07) is 7.69. The third-order valence-corrected chi connectivity index (χ3v) is 5.12. The summed E-state index contributed by atoms with van der Waals surface area (Å²) >= 11 is 1.61. The number of fused-ring (bicyclic) bond motifs is 1. The number of hydrogen-bond donors (Lipinski definition) is 0. The molecule has 0 saturated heterocycles. The van der Waals surface area contributed by atoms with Crippen molar-refractivity contribution in [2.75, 3.05) is 0 Å². The molecule has 0 radical (unpaired) electrons. The molecule has 0 amide bonds. The summed E-state index contributed by atoms with van der Waals surface area (Å²) in [4.78, 5) is 20.7. The Kier molecular flexibility index (Phi) is 4.95. The average molecular weight is 354 g/mol. The van der Waals surface area contributed by atoms with Crippen molar-refractivity contribution in [2.24, 2.45) is 0 Å². The molecule has 0 aliphatic carbocycles. The molecule has 0 N–H and O–H groups in total. The van der Waals surface area contributed by atoms with Gasteiger partial charge in [0.1, 0.15) is 16.4 Å². The molecule has 0 aliphatic rings. The molecule has 3 rings (SSSR count). The zero-order valence-corrected chi connectivity index (χ0v) is 16.0. The van der Waals surface area contributed by atoms with Gasteiger partial charge in [0, 0.05) is 22.9 Å². The maximum atomic E-state index is 12.0. The smallest absolute Gasteiger partial charge is 0.336 e. The summed E-state index contributed by atoms with van der Waals surface area (Å²) in [6.07, 6.45) is 0. The first-order valence-electron chi connectivity index (χ1n) is 8.36. The highest BCUT2D eigenvalue weighted by Gasteiger charge is 2.12. The Balaban J connectivity index is 2.02. The van der Waals surface area contributed by atoms with Crippen LogP contribution >= 0.6 is 11.8 Å².